The number of amides is 1. The minimum Gasteiger partial charge on any atom is -0.382 e. The maximum Gasteiger partial charge on any atom is 0.216 e. The first-order valence-corrected chi connectivity index (χ1v) is 5.74. The van der Waals surface area contributed by atoms with Crippen molar-refractivity contribution in [1.82, 2.24) is 5.32 Å². The summed E-state index contributed by atoms with van der Waals surface area (Å²) in [7, 11) is 1.64. The highest BCUT2D eigenvalue weighted by molar-refractivity contribution is 5.72. The van der Waals surface area contributed by atoms with Gasteiger partial charge in [-0.15, -0.1) is 0 Å². The van der Waals surface area contributed by atoms with Crippen LogP contribution in [0.15, 0.2) is 0 Å². The molecule has 6 heteroatoms. The fourth-order valence-corrected chi connectivity index (χ4v) is 0.983. The van der Waals surface area contributed by atoms with Crippen LogP contribution in [-0.4, -0.2) is 65.8 Å². The molecule has 1 N–H and O–H groups in total. The summed E-state index contributed by atoms with van der Waals surface area (Å²) < 4.78 is 20.5. The average molecular weight is 249 g/mol. The number of carbonyl (C=O) groups excluding carboxylic acids is 1. The Labute approximate surface area is 103 Å². The van der Waals surface area contributed by atoms with Gasteiger partial charge in [0, 0.05) is 20.6 Å². The van der Waals surface area contributed by atoms with E-state index in [9.17, 15) is 4.79 Å². The minimum atomic E-state index is -0.0435. The zero-order valence-electron chi connectivity index (χ0n) is 10.7. The van der Waals surface area contributed by atoms with Crippen LogP contribution in [0.2, 0.25) is 0 Å². The van der Waals surface area contributed by atoms with Crippen LogP contribution in [-0.2, 0) is 23.7 Å². The molecular weight excluding hydrogens is 226 g/mol. The van der Waals surface area contributed by atoms with Gasteiger partial charge < -0.3 is 24.3 Å². The molecule has 0 aliphatic carbocycles. The lowest BCUT2D eigenvalue weighted by molar-refractivity contribution is -0.119. The molecule has 0 aromatic carbocycles. The first-order chi connectivity index (χ1) is 8.27. The zero-order chi connectivity index (χ0) is 12.8. The van der Waals surface area contributed by atoms with Gasteiger partial charge in [-0.1, -0.05) is 0 Å². The first kappa shape index (κ1) is 16.3. The molecular formula is C11H23NO5. The summed E-state index contributed by atoms with van der Waals surface area (Å²) in [5.41, 5.74) is 0. The largest absolute Gasteiger partial charge is 0.382 e. The Morgan fingerprint density at radius 2 is 1.35 bits per heavy atom. The third-order valence-corrected chi connectivity index (χ3v) is 1.80. The lowest BCUT2D eigenvalue weighted by Crippen LogP contribution is -2.25. The van der Waals surface area contributed by atoms with Crippen LogP contribution in [0.3, 0.4) is 0 Å². The highest BCUT2D eigenvalue weighted by Gasteiger charge is 1.92. The number of hydrogen-bond donors (Lipinski definition) is 1. The van der Waals surface area contributed by atoms with Crippen LogP contribution in [0.4, 0.5) is 0 Å². The normalized spacial score (nSPS) is 10.5. The molecule has 0 atom stereocenters. The van der Waals surface area contributed by atoms with Gasteiger partial charge in [0.05, 0.1) is 46.2 Å². The van der Waals surface area contributed by atoms with E-state index >= 15 is 0 Å². The molecule has 17 heavy (non-hydrogen) atoms. The van der Waals surface area contributed by atoms with Crippen LogP contribution in [0.5, 0.6) is 0 Å². The highest BCUT2D eigenvalue weighted by atomic mass is 16.6. The molecule has 0 spiro atoms. The Bertz CT molecular complexity index is 177. The zero-order valence-corrected chi connectivity index (χ0v) is 10.7. The molecule has 0 bridgehead atoms. The molecule has 0 rings (SSSR count). The molecule has 1 amide bonds. The van der Waals surface area contributed by atoms with E-state index in [4.69, 9.17) is 18.9 Å². The molecule has 0 aromatic heterocycles. The van der Waals surface area contributed by atoms with E-state index in [0.29, 0.717) is 52.8 Å². The molecule has 0 aliphatic heterocycles. The number of nitrogens with one attached hydrogen (secondary N) is 1. The van der Waals surface area contributed by atoms with Crippen molar-refractivity contribution in [3.05, 3.63) is 0 Å². The Kier molecular flexibility index (Phi) is 12.8. The Hall–Kier alpha value is -0.690. The minimum absolute atomic E-state index is 0.0435. The molecule has 6 nitrogen and oxygen atoms in total. The fraction of sp³-hybridized carbons (Fsp3) is 0.909. The summed E-state index contributed by atoms with van der Waals surface area (Å²) in [5.74, 6) is -0.0435. The molecule has 0 saturated carbocycles. The number of rotatable bonds is 12. The van der Waals surface area contributed by atoms with E-state index in [0.717, 1.165) is 0 Å². The Morgan fingerprint density at radius 3 is 1.82 bits per heavy atom. The van der Waals surface area contributed by atoms with Gasteiger partial charge in [-0.25, -0.2) is 0 Å². The predicted molar refractivity (Wildman–Crippen MR) is 63.0 cm³/mol. The summed E-state index contributed by atoms with van der Waals surface area (Å²) in [4.78, 5) is 10.5. The van der Waals surface area contributed by atoms with Gasteiger partial charge >= 0.3 is 0 Å². The van der Waals surface area contributed by atoms with E-state index in [2.05, 4.69) is 5.32 Å². The molecule has 0 aliphatic rings. The van der Waals surface area contributed by atoms with Crippen molar-refractivity contribution in [2.24, 2.45) is 0 Å². The van der Waals surface area contributed by atoms with Gasteiger partial charge in [0.25, 0.3) is 0 Å². The number of hydrogen-bond acceptors (Lipinski definition) is 5. The van der Waals surface area contributed by atoms with Crippen molar-refractivity contribution in [2.75, 3.05) is 59.9 Å². The van der Waals surface area contributed by atoms with E-state index < -0.39 is 0 Å². The fourth-order valence-electron chi connectivity index (χ4n) is 0.983. The molecule has 0 fully saturated rings. The number of methoxy groups -OCH3 is 1. The summed E-state index contributed by atoms with van der Waals surface area (Å²) in [6.45, 7) is 5.90. The molecule has 0 radical (unpaired) electrons. The lowest BCUT2D eigenvalue weighted by Gasteiger charge is -2.06. The van der Waals surface area contributed by atoms with Crippen LogP contribution < -0.4 is 5.32 Å². The van der Waals surface area contributed by atoms with Crippen molar-refractivity contribution in [3.8, 4) is 0 Å². The summed E-state index contributed by atoms with van der Waals surface area (Å²) in [6, 6.07) is 0. The highest BCUT2D eigenvalue weighted by Crippen LogP contribution is 1.81. The van der Waals surface area contributed by atoms with Crippen molar-refractivity contribution in [1.29, 1.82) is 0 Å². The second-order valence-electron chi connectivity index (χ2n) is 3.31. The smallest absolute Gasteiger partial charge is 0.216 e. The van der Waals surface area contributed by atoms with E-state index in [-0.39, 0.29) is 5.91 Å². The van der Waals surface area contributed by atoms with Gasteiger partial charge in [-0.2, -0.15) is 0 Å². The average Bonchev–Trinajstić information content (AvgIpc) is 2.30. The standard InChI is InChI=1S/C11H23NO5/c1-11(13)12-3-4-15-7-8-17-10-9-16-6-5-14-2/h3-10H2,1-2H3,(H,12,13). The lowest BCUT2D eigenvalue weighted by atomic mass is 10.6. The molecule has 0 unspecified atom stereocenters. The molecule has 0 aromatic rings. The summed E-state index contributed by atoms with van der Waals surface area (Å²) in [6.07, 6.45) is 0. The van der Waals surface area contributed by atoms with Gasteiger partial charge in [0.2, 0.25) is 5.91 Å². The van der Waals surface area contributed by atoms with Crippen LogP contribution >= 0.6 is 0 Å². The monoisotopic (exact) mass is 249 g/mol. The number of carbonyl (C=O) groups is 1. The van der Waals surface area contributed by atoms with Crippen LogP contribution in [0.1, 0.15) is 6.92 Å². The quantitative estimate of drug-likeness (QED) is 0.486. The first-order valence-electron chi connectivity index (χ1n) is 5.74. The maximum absolute atomic E-state index is 10.5. The summed E-state index contributed by atoms with van der Waals surface area (Å²) >= 11 is 0. The number of ether oxygens (including phenoxy) is 4. The van der Waals surface area contributed by atoms with Gasteiger partial charge in [-0.3, -0.25) is 4.79 Å². The SMILES string of the molecule is COCCOCCOCCOCCNC(C)=O. The topological polar surface area (TPSA) is 66.0 Å². The van der Waals surface area contributed by atoms with Crippen molar-refractivity contribution >= 4 is 5.91 Å². The second-order valence-corrected chi connectivity index (χ2v) is 3.31. The summed E-state index contributed by atoms with van der Waals surface area (Å²) in [5, 5.41) is 2.64. The Morgan fingerprint density at radius 1 is 0.882 bits per heavy atom. The second kappa shape index (κ2) is 13.4. The van der Waals surface area contributed by atoms with Gasteiger partial charge in [-0.05, 0) is 0 Å². The van der Waals surface area contributed by atoms with E-state index in [1.165, 1.54) is 6.92 Å². The van der Waals surface area contributed by atoms with E-state index in [1.807, 2.05) is 0 Å². The van der Waals surface area contributed by atoms with Crippen molar-refractivity contribution < 1.29 is 23.7 Å². The molecule has 0 heterocycles. The van der Waals surface area contributed by atoms with Crippen molar-refractivity contribution in [3.63, 3.8) is 0 Å². The third kappa shape index (κ3) is 15.3. The van der Waals surface area contributed by atoms with Crippen molar-refractivity contribution in [2.45, 2.75) is 6.92 Å². The third-order valence-electron chi connectivity index (χ3n) is 1.80. The van der Waals surface area contributed by atoms with Gasteiger partial charge in [0.15, 0.2) is 0 Å². The van der Waals surface area contributed by atoms with Gasteiger partial charge in [0.1, 0.15) is 0 Å². The molecule has 0 saturated heterocycles. The maximum atomic E-state index is 10.5. The Balaban J connectivity index is 2.91. The van der Waals surface area contributed by atoms with Crippen LogP contribution in [0, 0.1) is 0 Å². The molecule has 102 valence electrons. The predicted octanol–water partition coefficient (Wildman–Crippen LogP) is -0.181. The van der Waals surface area contributed by atoms with E-state index in [1.54, 1.807) is 7.11 Å². The van der Waals surface area contributed by atoms with Crippen LogP contribution in [0.25, 0.3) is 0 Å².